The minimum atomic E-state index is 0.440. The minimum absolute atomic E-state index is 0.440. The van der Waals surface area contributed by atoms with Gasteiger partial charge in [-0.05, 0) is 42.2 Å². The van der Waals surface area contributed by atoms with Gasteiger partial charge in [-0.3, -0.25) is 0 Å². The molecule has 0 spiro atoms. The van der Waals surface area contributed by atoms with Gasteiger partial charge in [0, 0.05) is 17.3 Å². The maximum atomic E-state index is 6.52. The third-order valence-corrected chi connectivity index (χ3v) is 4.97. The summed E-state index contributed by atoms with van der Waals surface area (Å²) in [7, 11) is 0. The highest BCUT2D eigenvalue weighted by molar-refractivity contribution is 5.81. The summed E-state index contributed by atoms with van der Waals surface area (Å²) in [5, 5.41) is 0. The van der Waals surface area contributed by atoms with Gasteiger partial charge >= 0.3 is 0 Å². The van der Waals surface area contributed by atoms with Crippen LogP contribution in [0.25, 0.3) is 5.57 Å². The topological polar surface area (TPSA) is 47.7 Å². The Morgan fingerprint density at radius 1 is 0.957 bits per heavy atom. The van der Waals surface area contributed by atoms with Crippen molar-refractivity contribution in [2.45, 2.75) is 18.9 Å². The first-order valence-electron chi connectivity index (χ1n) is 8.07. The molecule has 4 heteroatoms. The summed E-state index contributed by atoms with van der Waals surface area (Å²) in [5.41, 5.74) is 11.5. The van der Waals surface area contributed by atoms with Crippen molar-refractivity contribution in [3.63, 3.8) is 0 Å². The van der Waals surface area contributed by atoms with Crippen molar-refractivity contribution in [3.05, 3.63) is 59.4 Å². The lowest BCUT2D eigenvalue weighted by atomic mass is 9.98. The predicted molar refractivity (Wildman–Crippen MR) is 89.6 cm³/mol. The molecule has 116 valence electrons. The number of para-hydroxylation sites is 1. The molecule has 0 radical (unpaired) electrons. The predicted octanol–water partition coefficient (Wildman–Crippen LogP) is 2.92. The molecule has 3 heterocycles. The van der Waals surface area contributed by atoms with Crippen molar-refractivity contribution < 1.29 is 9.47 Å². The lowest BCUT2D eigenvalue weighted by molar-refractivity contribution is 0.171. The molecule has 23 heavy (non-hydrogen) atoms. The minimum Gasteiger partial charge on any atom is -0.486 e. The van der Waals surface area contributed by atoms with E-state index in [9.17, 15) is 0 Å². The molecule has 1 unspecified atom stereocenters. The molecule has 2 aromatic rings. The Morgan fingerprint density at radius 2 is 1.78 bits per heavy atom. The van der Waals surface area contributed by atoms with Crippen LogP contribution in [0.4, 0.5) is 5.69 Å². The maximum absolute atomic E-state index is 6.52. The van der Waals surface area contributed by atoms with E-state index in [-0.39, 0.29) is 0 Å². The average Bonchev–Trinajstić information content (AvgIpc) is 3.11. The average molecular weight is 306 g/mol. The van der Waals surface area contributed by atoms with Gasteiger partial charge in [0.05, 0.1) is 0 Å². The van der Waals surface area contributed by atoms with Crippen molar-refractivity contribution in [2.24, 2.45) is 5.73 Å². The van der Waals surface area contributed by atoms with Gasteiger partial charge in [-0.15, -0.1) is 0 Å². The van der Waals surface area contributed by atoms with Crippen LogP contribution in [-0.2, 0) is 6.42 Å². The molecular formula is C19H18N2O2. The second-order valence-corrected chi connectivity index (χ2v) is 6.28. The smallest absolute Gasteiger partial charge is 0.161 e. The van der Waals surface area contributed by atoms with Crippen molar-refractivity contribution in [2.75, 3.05) is 18.1 Å². The quantitative estimate of drug-likeness (QED) is 0.880. The Labute approximate surface area is 135 Å². The van der Waals surface area contributed by atoms with Crippen LogP contribution in [0.5, 0.6) is 11.5 Å². The molecule has 4 nitrogen and oxygen atoms in total. The van der Waals surface area contributed by atoms with Gasteiger partial charge in [0.2, 0.25) is 0 Å². The van der Waals surface area contributed by atoms with E-state index in [1.165, 1.54) is 16.8 Å². The highest BCUT2D eigenvalue weighted by Crippen LogP contribution is 2.45. The van der Waals surface area contributed by atoms with Crippen molar-refractivity contribution in [3.8, 4) is 11.5 Å². The lowest BCUT2D eigenvalue weighted by Crippen LogP contribution is -2.29. The van der Waals surface area contributed by atoms with Gasteiger partial charge in [0.25, 0.3) is 0 Å². The first-order chi connectivity index (χ1) is 11.3. The Bertz CT molecular complexity index is 828. The van der Waals surface area contributed by atoms with E-state index in [0.717, 1.165) is 35.7 Å². The molecule has 0 bridgehead atoms. The highest BCUT2D eigenvalue weighted by atomic mass is 16.6. The van der Waals surface area contributed by atoms with Gasteiger partial charge < -0.3 is 20.1 Å². The van der Waals surface area contributed by atoms with E-state index < -0.39 is 0 Å². The van der Waals surface area contributed by atoms with Gasteiger partial charge in [-0.1, -0.05) is 24.3 Å². The zero-order valence-electron chi connectivity index (χ0n) is 12.8. The number of anilines is 1. The third-order valence-electron chi connectivity index (χ3n) is 4.97. The van der Waals surface area contributed by atoms with Crippen molar-refractivity contribution >= 4 is 11.3 Å². The lowest BCUT2D eigenvalue weighted by Gasteiger charge is -2.20. The van der Waals surface area contributed by atoms with Crippen LogP contribution in [-0.4, -0.2) is 19.3 Å². The van der Waals surface area contributed by atoms with E-state index in [1.807, 2.05) is 6.07 Å². The van der Waals surface area contributed by atoms with Crippen LogP contribution < -0.4 is 20.1 Å². The van der Waals surface area contributed by atoms with Gasteiger partial charge in [0.1, 0.15) is 19.0 Å². The summed E-state index contributed by atoms with van der Waals surface area (Å²) in [5.74, 6) is 2.51. The Hall–Kier alpha value is -2.62. The van der Waals surface area contributed by atoms with Crippen LogP contribution in [0, 0.1) is 0 Å². The maximum Gasteiger partial charge on any atom is 0.161 e. The molecule has 0 amide bonds. The number of hydrogen-bond acceptors (Lipinski definition) is 4. The van der Waals surface area contributed by atoms with Crippen LogP contribution in [0.2, 0.25) is 0 Å². The van der Waals surface area contributed by atoms with Gasteiger partial charge in [-0.2, -0.15) is 0 Å². The summed E-state index contributed by atoms with van der Waals surface area (Å²) >= 11 is 0. The zero-order chi connectivity index (χ0) is 15.4. The zero-order valence-corrected chi connectivity index (χ0v) is 12.8. The second-order valence-electron chi connectivity index (χ2n) is 6.28. The first kappa shape index (κ1) is 12.9. The van der Waals surface area contributed by atoms with Crippen LogP contribution in [0.3, 0.4) is 0 Å². The fraction of sp³-hybridized carbons (Fsp3) is 0.263. The van der Waals surface area contributed by atoms with E-state index in [1.54, 1.807) is 0 Å². The molecule has 1 atom stereocenters. The number of nitrogens with zero attached hydrogens (tertiary/aromatic N) is 1. The molecule has 2 N–H and O–H groups in total. The molecule has 0 aromatic heterocycles. The van der Waals surface area contributed by atoms with E-state index in [0.29, 0.717) is 19.3 Å². The molecule has 0 fully saturated rings. The molecule has 3 aliphatic heterocycles. The Morgan fingerprint density at radius 3 is 2.70 bits per heavy atom. The summed E-state index contributed by atoms with van der Waals surface area (Å²) < 4.78 is 11.3. The Balaban J connectivity index is 1.56. The number of ether oxygens (including phenoxy) is 2. The molecular weight excluding hydrogens is 288 g/mol. The number of benzene rings is 2. The fourth-order valence-electron chi connectivity index (χ4n) is 3.93. The molecule has 0 aliphatic carbocycles. The number of nitrogens with two attached hydrogens (primary N) is 1. The largest absolute Gasteiger partial charge is 0.486 e. The van der Waals surface area contributed by atoms with E-state index in [4.69, 9.17) is 15.2 Å². The SMILES string of the molecule is NC1=C(c2ccc3c(c2)OCCO3)CC2Cc3ccccc3N12. The van der Waals surface area contributed by atoms with E-state index in [2.05, 4.69) is 41.3 Å². The number of rotatable bonds is 1. The Kier molecular flexibility index (Phi) is 2.62. The second kappa shape index (κ2) is 4.69. The molecule has 3 aliphatic rings. The van der Waals surface area contributed by atoms with Crippen molar-refractivity contribution in [1.82, 2.24) is 0 Å². The summed E-state index contributed by atoms with van der Waals surface area (Å²) in [6.07, 6.45) is 2.03. The van der Waals surface area contributed by atoms with E-state index >= 15 is 0 Å². The first-order valence-corrected chi connectivity index (χ1v) is 8.07. The molecule has 2 aromatic carbocycles. The molecule has 0 saturated carbocycles. The summed E-state index contributed by atoms with van der Waals surface area (Å²) in [6.45, 7) is 1.22. The molecule has 0 saturated heterocycles. The summed E-state index contributed by atoms with van der Waals surface area (Å²) in [4.78, 5) is 2.29. The normalized spacial score (nSPS) is 21.4. The fourth-order valence-corrected chi connectivity index (χ4v) is 3.93. The monoisotopic (exact) mass is 306 g/mol. The number of hydrogen-bond donors (Lipinski definition) is 1. The standard InChI is InChI=1S/C19H18N2O2/c20-19-15(12-5-6-17-18(10-12)23-8-7-22-17)11-14-9-13-3-1-2-4-16(13)21(14)19/h1-6,10,14H,7-9,11,20H2. The van der Waals surface area contributed by atoms with Crippen LogP contribution in [0.1, 0.15) is 17.5 Å². The van der Waals surface area contributed by atoms with Crippen LogP contribution in [0.15, 0.2) is 48.3 Å². The molecule has 5 rings (SSSR count). The van der Waals surface area contributed by atoms with Crippen molar-refractivity contribution in [1.29, 1.82) is 0 Å². The summed E-state index contributed by atoms with van der Waals surface area (Å²) in [6, 6.07) is 15.1. The number of fused-ring (bicyclic) bond motifs is 4. The third kappa shape index (κ3) is 1.84. The van der Waals surface area contributed by atoms with Gasteiger partial charge in [-0.25, -0.2) is 0 Å². The van der Waals surface area contributed by atoms with Crippen LogP contribution >= 0.6 is 0 Å². The highest BCUT2D eigenvalue weighted by Gasteiger charge is 2.38. The van der Waals surface area contributed by atoms with Gasteiger partial charge in [0.15, 0.2) is 11.5 Å².